The first-order valence-corrected chi connectivity index (χ1v) is 9.13. The molecule has 6 heteroatoms. The number of nitrogens with zero attached hydrogens (tertiary/aromatic N) is 3. The van der Waals surface area contributed by atoms with Gasteiger partial charge in [0, 0.05) is 25.4 Å². The molecule has 1 saturated carbocycles. The van der Waals surface area contributed by atoms with Crippen LogP contribution in [0.1, 0.15) is 31.2 Å². The molecule has 0 N–H and O–H groups in total. The van der Waals surface area contributed by atoms with Gasteiger partial charge in [0.15, 0.2) is 0 Å². The molecule has 138 valence electrons. The van der Waals surface area contributed by atoms with E-state index in [1.807, 2.05) is 18.2 Å². The van der Waals surface area contributed by atoms with Gasteiger partial charge in [0.2, 0.25) is 5.91 Å². The summed E-state index contributed by atoms with van der Waals surface area (Å²) >= 11 is 0. The van der Waals surface area contributed by atoms with E-state index < -0.39 is 0 Å². The largest absolute Gasteiger partial charge is 0.330 e. The highest BCUT2D eigenvalue weighted by molar-refractivity contribution is 6.40. The maximum Gasteiger partial charge on any atom is 0.270 e. The number of hydrogen-bond acceptors (Lipinski definition) is 3. The smallest absolute Gasteiger partial charge is 0.270 e. The van der Waals surface area contributed by atoms with Gasteiger partial charge >= 0.3 is 0 Å². The number of amides is 2. The number of halogens is 1. The molecule has 0 radical (unpaired) electrons. The SMILES string of the molecule is O=C1CCC(C(=O)N(Cc2ccc(F)cc2)C2CC2)=NN1c1ccccc1. The van der Waals surface area contributed by atoms with Crippen LogP contribution in [-0.4, -0.2) is 28.5 Å². The molecule has 2 amide bonds. The van der Waals surface area contributed by atoms with Gasteiger partial charge in [-0.3, -0.25) is 9.59 Å². The number of carbonyl (C=O) groups excluding carboxylic acids is 2. The van der Waals surface area contributed by atoms with Crippen molar-refractivity contribution >= 4 is 23.2 Å². The number of rotatable bonds is 5. The van der Waals surface area contributed by atoms with Crippen LogP contribution in [0.3, 0.4) is 0 Å². The highest BCUT2D eigenvalue weighted by Gasteiger charge is 2.36. The fourth-order valence-electron chi connectivity index (χ4n) is 3.18. The van der Waals surface area contributed by atoms with E-state index in [-0.39, 0.29) is 30.1 Å². The maximum atomic E-state index is 13.1. The molecule has 0 unspecified atom stereocenters. The summed E-state index contributed by atoms with van der Waals surface area (Å²) < 4.78 is 13.1. The van der Waals surface area contributed by atoms with E-state index in [0.29, 0.717) is 24.4 Å². The summed E-state index contributed by atoms with van der Waals surface area (Å²) in [5.41, 5.74) is 1.93. The van der Waals surface area contributed by atoms with Gasteiger partial charge < -0.3 is 4.90 Å². The highest BCUT2D eigenvalue weighted by Crippen LogP contribution is 2.30. The molecule has 5 nitrogen and oxygen atoms in total. The van der Waals surface area contributed by atoms with Crippen LogP contribution in [0.25, 0.3) is 0 Å². The van der Waals surface area contributed by atoms with Crippen molar-refractivity contribution in [3.05, 3.63) is 66.0 Å². The molecular weight excluding hydrogens is 345 g/mol. The number of carbonyl (C=O) groups is 2. The third kappa shape index (κ3) is 3.89. The average molecular weight is 365 g/mol. The zero-order valence-electron chi connectivity index (χ0n) is 14.8. The van der Waals surface area contributed by atoms with E-state index in [9.17, 15) is 14.0 Å². The van der Waals surface area contributed by atoms with Crippen molar-refractivity contribution in [3.63, 3.8) is 0 Å². The molecule has 1 aliphatic heterocycles. The van der Waals surface area contributed by atoms with Crippen molar-refractivity contribution in [1.29, 1.82) is 0 Å². The van der Waals surface area contributed by atoms with E-state index >= 15 is 0 Å². The average Bonchev–Trinajstić information content (AvgIpc) is 3.53. The van der Waals surface area contributed by atoms with Crippen LogP contribution in [-0.2, 0) is 16.1 Å². The lowest BCUT2D eigenvalue weighted by atomic mass is 10.1. The molecule has 2 aromatic carbocycles. The highest BCUT2D eigenvalue weighted by atomic mass is 19.1. The van der Waals surface area contributed by atoms with E-state index in [1.54, 1.807) is 29.2 Å². The Morgan fingerprint density at radius 1 is 1.07 bits per heavy atom. The summed E-state index contributed by atoms with van der Waals surface area (Å²) in [7, 11) is 0. The Balaban J connectivity index is 1.57. The Morgan fingerprint density at radius 2 is 1.78 bits per heavy atom. The zero-order valence-corrected chi connectivity index (χ0v) is 14.8. The second-order valence-electron chi connectivity index (χ2n) is 6.88. The topological polar surface area (TPSA) is 53.0 Å². The molecular formula is C21H20FN3O2. The molecule has 1 fully saturated rings. The van der Waals surface area contributed by atoms with Crippen molar-refractivity contribution in [2.24, 2.45) is 5.10 Å². The molecule has 2 aromatic rings. The van der Waals surface area contributed by atoms with Crippen LogP contribution in [0.4, 0.5) is 10.1 Å². The number of hydrogen-bond donors (Lipinski definition) is 0. The predicted octanol–water partition coefficient (Wildman–Crippen LogP) is 3.50. The molecule has 27 heavy (non-hydrogen) atoms. The first-order valence-electron chi connectivity index (χ1n) is 9.13. The minimum absolute atomic E-state index is 0.116. The molecule has 4 rings (SSSR count). The quantitative estimate of drug-likeness (QED) is 0.814. The minimum Gasteiger partial charge on any atom is -0.330 e. The number of benzene rings is 2. The van der Waals surface area contributed by atoms with Crippen LogP contribution in [0.5, 0.6) is 0 Å². The number of anilines is 1. The first-order chi connectivity index (χ1) is 13.1. The first kappa shape index (κ1) is 17.4. The molecule has 0 aromatic heterocycles. The Morgan fingerprint density at radius 3 is 2.44 bits per heavy atom. The lowest BCUT2D eigenvalue weighted by Crippen LogP contribution is -2.42. The van der Waals surface area contributed by atoms with Gasteiger partial charge in [-0.1, -0.05) is 30.3 Å². The van der Waals surface area contributed by atoms with Gasteiger partial charge in [-0.25, -0.2) is 9.40 Å². The molecule has 0 saturated heterocycles. The summed E-state index contributed by atoms with van der Waals surface area (Å²) in [4.78, 5) is 27.2. The summed E-state index contributed by atoms with van der Waals surface area (Å²) in [6.07, 6.45) is 2.52. The van der Waals surface area contributed by atoms with Crippen molar-refractivity contribution in [2.75, 3.05) is 5.01 Å². The predicted molar refractivity (Wildman–Crippen MR) is 101 cm³/mol. The van der Waals surface area contributed by atoms with Crippen molar-refractivity contribution in [3.8, 4) is 0 Å². The van der Waals surface area contributed by atoms with Crippen molar-refractivity contribution < 1.29 is 14.0 Å². The van der Waals surface area contributed by atoms with Crippen LogP contribution in [0.2, 0.25) is 0 Å². The molecule has 2 aliphatic rings. The van der Waals surface area contributed by atoms with Crippen LogP contribution < -0.4 is 5.01 Å². The standard InChI is InChI=1S/C21H20FN3O2/c22-16-8-6-15(7-9-16)14-24(17-10-11-17)21(27)19-12-13-20(26)25(23-19)18-4-2-1-3-5-18/h1-9,17H,10-14H2. The Bertz CT molecular complexity index is 876. The monoisotopic (exact) mass is 365 g/mol. The molecule has 0 spiro atoms. The van der Waals surface area contributed by atoms with E-state index in [2.05, 4.69) is 5.10 Å². The van der Waals surface area contributed by atoms with E-state index in [4.69, 9.17) is 0 Å². The van der Waals surface area contributed by atoms with E-state index in [1.165, 1.54) is 17.1 Å². The zero-order chi connectivity index (χ0) is 18.8. The Hall–Kier alpha value is -3.02. The minimum atomic E-state index is -0.295. The summed E-state index contributed by atoms with van der Waals surface area (Å²) in [6.45, 7) is 0.419. The second kappa shape index (κ2) is 7.31. The molecule has 1 heterocycles. The van der Waals surface area contributed by atoms with Crippen LogP contribution in [0, 0.1) is 5.82 Å². The summed E-state index contributed by atoms with van der Waals surface area (Å²) in [6, 6.07) is 15.5. The van der Waals surface area contributed by atoms with E-state index in [0.717, 1.165) is 18.4 Å². The van der Waals surface area contributed by atoms with Gasteiger partial charge in [0.1, 0.15) is 11.5 Å². The number of hydrazone groups is 1. The summed E-state index contributed by atoms with van der Waals surface area (Å²) in [5, 5.41) is 5.69. The Kier molecular flexibility index (Phi) is 4.71. The van der Waals surface area contributed by atoms with Gasteiger partial charge in [0.25, 0.3) is 5.91 Å². The Labute approximate surface area is 157 Å². The van der Waals surface area contributed by atoms with Gasteiger partial charge in [0.05, 0.1) is 5.69 Å². The fourth-order valence-corrected chi connectivity index (χ4v) is 3.18. The third-order valence-corrected chi connectivity index (χ3v) is 4.79. The summed E-state index contributed by atoms with van der Waals surface area (Å²) in [5.74, 6) is -0.554. The van der Waals surface area contributed by atoms with Crippen LogP contribution in [0.15, 0.2) is 59.7 Å². The third-order valence-electron chi connectivity index (χ3n) is 4.79. The normalized spacial score (nSPS) is 16.9. The van der Waals surface area contributed by atoms with Gasteiger partial charge in [-0.05, 0) is 42.7 Å². The van der Waals surface area contributed by atoms with Gasteiger partial charge in [-0.15, -0.1) is 0 Å². The van der Waals surface area contributed by atoms with Crippen LogP contribution >= 0.6 is 0 Å². The number of para-hydroxylation sites is 1. The fraction of sp³-hybridized carbons (Fsp3) is 0.286. The van der Waals surface area contributed by atoms with Crippen molar-refractivity contribution in [2.45, 2.75) is 38.3 Å². The lowest BCUT2D eigenvalue weighted by Gasteiger charge is -2.27. The molecule has 0 bridgehead atoms. The maximum absolute atomic E-state index is 13.1. The van der Waals surface area contributed by atoms with Gasteiger partial charge in [-0.2, -0.15) is 5.10 Å². The van der Waals surface area contributed by atoms with Crippen molar-refractivity contribution in [1.82, 2.24) is 4.90 Å². The molecule has 1 aliphatic carbocycles. The second-order valence-corrected chi connectivity index (χ2v) is 6.88. The molecule has 0 atom stereocenters. The lowest BCUT2D eigenvalue weighted by molar-refractivity contribution is -0.125.